The Labute approximate surface area is 98.8 Å². The molecule has 13 heavy (non-hydrogen) atoms. The van der Waals surface area contributed by atoms with E-state index in [0.29, 0.717) is 13.2 Å². The fourth-order valence-corrected chi connectivity index (χ4v) is 3.38. The van der Waals surface area contributed by atoms with Crippen molar-refractivity contribution in [3.63, 3.8) is 0 Å². The standard InChI is InChI=1S/C6H12Cl4O2Si/c1-3-11-6(8,12-4-2)13(9,10)5-7/h3-5H2,1-2H3. The van der Waals surface area contributed by atoms with E-state index in [-0.39, 0.29) is 5.50 Å². The second-order valence-electron chi connectivity index (χ2n) is 2.24. The van der Waals surface area contributed by atoms with Gasteiger partial charge in [-0.1, -0.05) is 11.6 Å². The molecule has 0 aliphatic rings. The molecule has 0 aromatic rings. The Kier molecular flexibility index (Phi) is 6.61. The van der Waals surface area contributed by atoms with Gasteiger partial charge in [-0.25, -0.2) is 0 Å². The molecule has 0 rings (SSSR count). The topological polar surface area (TPSA) is 18.5 Å². The Morgan fingerprint density at radius 2 is 1.54 bits per heavy atom. The van der Waals surface area contributed by atoms with Crippen LogP contribution in [0, 0.1) is 0 Å². The SMILES string of the molecule is CCOC(Cl)(OCC)[Si](Cl)(Cl)CCl. The van der Waals surface area contributed by atoms with E-state index in [2.05, 4.69) is 0 Å². The van der Waals surface area contributed by atoms with Gasteiger partial charge < -0.3 is 9.47 Å². The van der Waals surface area contributed by atoms with Crippen LogP contribution in [0.25, 0.3) is 0 Å². The smallest absolute Gasteiger partial charge is 0.339 e. The lowest BCUT2D eigenvalue weighted by molar-refractivity contribution is -0.119. The first-order chi connectivity index (χ1) is 5.93. The molecule has 7 heteroatoms. The summed E-state index contributed by atoms with van der Waals surface area (Å²) < 4.78 is 10.4. The van der Waals surface area contributed by atoms with E-state index in [1.54, 1.807) is 13.8 Å². The van der Waals surface area contributed by atoms with Crippen LogP contribution in [0.15, 0.2) is 0 Å². The lowest BCUT2D eigenvalue weighted by atomic mass is 10.8. The Bertz CT molecular complexity index is 150. The molecule has 0 atom stereocenters. The summed E-state index contributed by atoms with van der Waals surface area (Å²) in [6.07, 6.45) is 0. The molecular formula is C6H12Cl4O2Si. The summed E-state index contributed by atoms with van der Waals surface area (Å²) in [4.78, 5) is -1.44. The van der Waals surface area contributed by atoms with Gasteiger partial charge in [0.15, 0.2) is 0 Å². The summed E-state index contributed by atoms with van der Waals surface area (Å²) in [7, 11) is 0. The van der Waals surface area contributed by atoms with E-state index in [1.165, 1.54) is 0 Å². The van der Waals surface area contributed by atoms with Gasteiger partial charge in [-0.05, 0) is 13.8 Å². The first kappa shape index (κ1) is 14.3. The van der Waals surface area contributed by atoms with Crippen molar-refractivity contribution >= 4 is 52.1 Å². The first-order valence-corrected chi connectivity index (χ1v) is 8.98. The van der Waals surface area contributed by atoms with Crippen LogP contribution in [-0.2, 0) is 9.47 Å². The molecule has 0 spiro atoms. The number of halogens is 4. The van der Waals surface area contributed by atoms with E-state index < -0.39 is 11.6 Å². The second-order valence-corrected chi connectivity index (χ2v) is 10.6. The molecule has 0 radical (unpaired) electrons. The first-order valence-electron chi connectivity index (χ1n) is 3.84. The van der Waals surface area contributed by atoms with Gasteiger partial charge in [0, 0.05) is 13.2 Å². The fraction of sp³-hybridized carbons (Fsp3) is 1.00. The summed E-state index contributed by atoms with van der Waals surface area (Å²) in [5.41, 5.74) is 0.0552. The molecule has 80 valence electrons. The third-order valence-electron chi connectivity index (χ3n) is 1.26. The van der Waals surface area contributed by atoms with Crippen molar-refractivity contribution in [3.8, 4) is 0 Å². The van der Waals surface area contributed by atoms with Crippen LogP contribution in [0.4, 0.5) is 0 Å². The van der Waals surface area contributed by atoms with Crippen molar-refractivity contribution in [2.24, 2.45) is 0 Å². The molecule has 0 aromatic heterocycles. The molecule has 0 fully saturated rings. The highest BCUT2D eigenvalue weighted by molar-refractivity contribution is 7.49. The normalized spacial score (nSPS) is 13.4. The van der Waals surface area contributed by atoms with Crippen molar-refractivity contribution in [2.45, 2.75) is 18.7 Å². The van der Waals surface area contributed by atoms with Gasteiger partial charge in [0.25, 0.3) is 4.87 Å². The average molecular weight is 286 g/mol. The van der Waals surface area contributed by atoms with Crippen molar-refractivity contribution in [1.29, 1.82) is 0 Å². The number of hydrogen-bond acceptors (Lipinski definition) is 2. The van der Waals surface area contributed by atoms with Crippen LogP contribution in [0.5, 0.6) is 0 Å². The predicted molar refractivity (Wildman–Crippen MR) is 60.0 cm³/mol. The molecule has 0 saturated heterocycles. The third kappa shape index (κ3) is 3.74. The number of alkyl halides is 2. The molecule has 0 amide bonds. The van der Waals surface area contributed by atoms with E-state index in [1.807, 2.05) is 0 Å². The second kappa shape index (κ2) is 6.01. The molecule has 0 N–H and O–H groups in total. The highest BCUT2D eigenvalue weighted by Crippen LogP contribution is 2.37. The number of rotatable bonds is 6. The average Bonchev–Trinajstić information content (AvgIpc) is 2.05. The Hall–Kier alpha value is 1.30. The van der Waals surface area contributed by atoms with Gasteiger partial charge in [-0.2, -0.15) is 0 Å². The molecule has 0 heterocycles. The molecule has 0 bridgehead atoms. The minimum Gasteiger partial charge on any atom is -0.339 e. The minimum atomic E-state index is -2.94. The monoisotopic (exact) mass is 284 g/mol. The zero-order valence-corrected chi connectivity index (χ0v) is 11.5. The van der Waals surface area contributed by atoms with Crippen LogP contribution in [-0.4, -0.2) is 30.3 Å². The third-order valence-corrected chi connectivity index (χ3v) is 8.85. The summed E-state index contributed by atoms with van der Waals surface area (Å²) in [5, 5.41) is 0. The maximum Gasteiger partial charge on any atom is 0.347 e. The van der Waals surface area contributed by atoms with Gasteiger partial charge in [-0.3, -0.25) is 0 Å². The summed E-state index contributed by atoms with van der Waals surface area (Å²) in [6, 6.07) is 0. The van der Waals surface area contributed by atoms with Crippen LogP contribution in [0.3, 0.4) is 0 Å². The molecule has 0 aliphatic carbocycles. The van der Waals surface area contributed by atoms with Crippen molar-refractivity contribution in [3.05, 3.63) is 0 Å². The van der Waals surface area contributed by atoms with E-state index in [4.69, 9.17) is 54.8 Å². The zero-order valence-electron chi connectivity index (χ0n) is 7.45. The quantitative estimate of drug-likeness (QED) is 0.323. The summed E-state index contributed by atoms with van der Waals surface area (Å²) >= 11 is 23.6. The number of hydrogen-bond donors (Lipinski definition) is 0. The highest BCUT2D eigenvalue weighted by Gasteiger charge is 2.53. The fourth-order valence-electron chi connectivity index (χ4n) is 0.704. The summed E-state index contributed by atoms with van der Waals surface area (Å²) in [5.74, 6) is 0. The van der Waals surface area contributed by atoms with E-state index >= 15 is 0 Å². The molecule has 0 saturated carbocycles. The zero-order chi connectivity index (χ0) is 10.5. The Balaban J connectivity index is 4.55. The number of ether oxygens (including phenoxy) is 2. The maximum absolute atomic E-state index is 6.00. The van der Waals surface area contributed by atoms with Gasteiger partial charge in [-0.15, -0.1) is 33.8 Å². The van der Waals surface area contributed by atoms with Crippen LogP contribution < -0.4 is 0 Å². The molecule has 0 aliphatic heterocycles. The van der Waals surface area contributed by atoms with Gasteiger partial charge in [0.1, 0.15) is 0 Å². The lowest BCUT2D eigenvalue weighted by Gasteiger charge is -2.33. The molecule has 0 aromatic carbocycles. The van der Waals surface area contributed by atoms with Crippen molar-refractivity contribution in [1.82, 2.24) is 0 Å². The molecular weight excluding hydrogens is 274 g/mol. The van der Waals surface area contributed by atoms with Gasteiger partial charge in [0.05, 0.1) is 5.50 Å². The maximum atomic E-state index is 6.00. The Morgan fingerprint density at radius 1 is 1.15 bits per heavy atom. The molecule has 2 nitrogen and oxygen atoms in total. The van der Waals surface area contributed by atoms with Gasteiger partial charge in [0.2, 0.25) is 0 Å². The predicted octanol–water partition coefficient (Wildman–Crippen LogP) is 3.19. The van der Waals surface area contributed by atoms with Crippen LogP contribution in [0.1, 0.15) is 13.8 Å². The lowest BCUT2D eigenvalue weighted by Crippen LogP contribution is -2.52. The van der Waals surface area contributed by atoms with Crippen LogP contribution >= 0.6 is 45.4 Å². The largest absolute Gasteiger partial charge is 0.347 e. The Morgan fingerprint density at radius 3 is 1.77 bits per heavy atom. The van der Waals surface area contributed by atoms with E-state index in [0.717, 1.165) is 0 Å². The van der Waals surface area contributed by atoms with Crippen molar-refractivity contribution in [2.75, 3.05) is 18.7 Å². The summed E-state index contributed by atoms with van der Waals surface area (Å²) in [6.45, 7) is 1.36. The minimum absolute atomic E-state index is 0.0552. The molecule has 0 unspecified atom stereocenters. The van der Waals surface area contributed by atoms with Crippen molar-refractivity contribution < 1.29 is 9.47 Å². The highest BCUT2D eigenvalue weighted by atomic mass is 35.7. The van der Waals surface area contributed by atoms with Gasteiger partial charge >= 0.3 is 6.69 Å². The van der Waals surface area contributed by atoms with Crippen LogP contribution in [0.2, 0.25) is 0 Å². The van der Waals surface area contributed by atoms with E-state index in [9.17, 15) is 0 Å².